The highest BCUT2D eigenvalue weighted by Gasteiger charge is 2.31. The second-order valence-electron chi connectivity index (χ2n) is 7.28. The number of nitrogens with zero attached hydrogens (tertiary/aromatic N) is 4. The Balaban J connectivity index is 1.76. The lowest BCUT2D eigenvalue weighted by atomic mass is 9.94. The summed E-state index contributed by atoms with van der Waals surface area (Å²) in [6.45, 7) is 5.04. The number of nitrogens with one attached hydrogen (secondary N) is 2. The predicted molar refractivity (Wildman–Crippen MR) is 104 cm³/mol. The van der Waals surface area contributed by atoms with Gasteiger partial charge in [-0.1, -0.05) is 13.8 Å². The number of anilines is 1. The Kier molecular flexibility index (Phi) is 5.69. The quantitative estimate of drug-likeness (QED) is 0.787. The number of imidazole rings is 1. The van der Waals surface area contributed by atoms with Gasteiger partial charge in [0.05, 0.1) is 4.90 Å². The Morgan fingerprint density at radius 1 is 1.17 bits per heavy atom. The maximum Gasteiger partial charge on any atom is 0.257 e. The molecule has 1 saturated heterocycles. The molecule has 1 amide bonds. The van der Waals surface area contributed by atoms with Gasteiger partial charge in [-0.15, -0.1) is 0 Å². The summed E-state index contributed by atoms with van der Waals surface area (Å²) < 4.78 is 27.3. The summed E-state index contributed by atoms with van der Waals surface area (Å²) in [5.74, 6) is 0.0138. The van der Waals surface area contributed by atoms with Crippen LogP contribution in [-0.4, -0.2) is 41.7 Å². The van der Waals surface area contributed by atoms with Crippen molar-refractivity contribution < 1.29 is 13.2 Å². The van der Waals surface area contributed by atoms with Crippen LogP contribution in [0.4, 0.5) is 5.95 Å². The van der Waals surface area contributed by atoms with Crippen LogP contribution in [0, 0.1) is 34.5 Å². The molecule has 1 aliphatic rings. The second-order valence-corrected chi connectivity index (χ2v) is 9.22. The molecule has 150 valence electrons. The fourth-order valence-corrected chi connectivity index (χ4v) is 5.18. The molecule has 2 heterocycles. The molecule has 0 spiro atoms. The zero-order valence-electron chi connectivity index (χ0n) is 16.0. The number of aromatic amines is 1. The van der Waals surface area contributed by atoms with Crippen LogP contribution in [0.25, 0.3) is 0 Å². The zero-order valence-corrected chi connectivity index (χ0v) is 16.8. The van der Waals surface area contributed by atoms with Gasteiger partial charge < -0.3 is 4.98 Å². The Morgan fingerprint density at radius 3 is 2.31 bits per heavy atom. The number of carbonyl (C=O) groups is 1. The van der Waals surface area contributed by atoms with Gasteiger partial charge in [0.25, 0.3) is 5.91 Å². The van der Waals surface area contributed by atoms with E-state index >= 15 is 0 Å². The molecule has 1 aromatic heterocycles. The van der Waals surface area contributed by atoms with Crippen molar-refractivity contribution in [1.29, 1.82) is 10.5 Å². The lowest BCUT2D eigenvalue weighted by Crippen LogP contribution is -2.42. The maximum atomic E-state index is 12.9. The lowest BCUT2D eigenvalue weighted by molar-refractivity contribution is 0.102. The SMILES string of the molecule is CC1CC(C)CN(S(=O)(=O)c2ccc(C(=O)Nc3nc(C#N)c(C#N)[nH]3)cc2)C1. The fraction of sp³-hybridized carbons (Fsp3) is 0.368. The monoisotopic (exact) mass is 412 g/mol. The third kappa shape index (κ3) is 4.29. The minimum atomic E-state index is -3.63. The van der Waals surface area contributed by atoms with Gasteiger partial charge in [0.1, 0.15) is 12.1 Å². The Bertz CT molecular complexity index is 1070. The molecule has 0 aliphatic carbocycles. The highest BCUT2D eigenvalue weighted by molar-refractivity contribution is 7.89. The van der Waals surface area contributed by atoms with Crippen molar-refractivity contribution in [2.75, 3.05) is 18.4 Å². The normalized spacial score (nSPS) is 19.9. The van der Waals surface area contributed by atoms with Crippen LogP contribution < -0.4 is 5.32 Å². The molecule has 2 atom stereocenters. The summed E-state index contributed by atoms with van der Waals surface area (Å²) in [6.07, 6.45) is 0.999. The van der Waals surface area contributed by atoms with E-state index in [1.54, 1.807) is 12.1 Å². The van der Waals surface area contributed by atoms with Gasteiger partial charge in [0.2, 0.25) is 16.0 Å². The number of piperidine rings is 1. The summed E-state index contributed by atoms with van der Waals surface area (Å²) in [6, 6.07) is 9.16. The minimum Gasteiger partial charge on any atom is -0.314 e. The number of sulfonamides is 1. The van der Waals surface area contributed by atoms with E-state index in [-0.39, 0.29) is 27.8 Å². The summed E-state index contributed by atoms with van der Waals surface area (Å²) in [5, 5.41) is 20.3. The Morgan fingerprint density at radius 2 is 1.79 bits per heavy atom. The molecule has 1 aromatic carbocycles. The number of carbonyl (C=O) groups excluding carboxylic acids is 1. The minimum absolute atomic E-state index is 0.0314. The van der Waals surface area contributed by atoms with Crippen molar-refractivity contribution >= 4 is 21.9 Å². The first kappa shape index (κ1) is 20.5. The van der Waals surface area contributed by atoms with Gasteiger partial charge in [-0.25, -0.2) is 13.4 Å². The van der Waals surface area contributed by atoms with Crippen molar-refractivity contribution in [2.24, 2.45) is 11.8 Å². The molecule has 2 unspecified atom stereocenters. The molecule has 3 rings (SSSR count). The fourth-order valence-electron chi connectivity index (χ4n) is 3.50. The van der Waals surface area contributed by atoms with Crippen molar-refractivity contribution in [2.45, 2.75) is 25.2 Å². The van der Waals surface area contributed by atoms with E-state index in [1.165, 1.54) is 28.6 Å². The molecular formula is C19H20N6O3S. The molecule has 1 aliphatic heterocycles. The number of hydrogen-bond acceptors (Lipinski definition) is 6. The van der Waals surface area contributed by atoms with E-state index in [4.69, 9.17) is 10.5 Å². The van der Waals surface area contributed by atoms with E-state index in [9.17, 15) is 13.2 Å². The van der Waals surface area contributed by atoms with E-state index in [2.05, 4.69) is 15.3 Å². The van der Waals surface area contributed by atoms with Crippen LogP contribution in [0.5, 0.6) is 0 Å². The van der Waals surface area contributed by atoms with Gasteiger partial charge in [0, 0.05) is 18.7 Å². The molecule has 0 radical (unpaired) electrons. The Labute approximate surface area is 169 Å². The number of benzene rings is 1. The first-order valence-electron chi connectivity index (χ1n) is 9.06. The second kappa shape index (κ2) is 8.03. The summed E-state index contributed by atoms with van der Waals surface area (Å²) in [7, 11) is -3.63. The number of H-pyrrole nitrogens is 1. The maximum absolute atomic E-state index is 12.9. The first-order chi connectivity index (χ1) is 13.7. The van der Waals surface area contributed by atoms with Gasteiger partial charge in [-0.3, -0.25) is 10.1 Å². The van der Waals surface area contributed by atoms with Crippen molar-refractivity contribution in [3.8, 4) is 12.1 Å². The van der Waals surface area contributed by atoms with Gasteiger partial charge >= 0.3 is 0 Å². The van der Waals surface area contributed by atoms with E-state index in [1.807, 2.05) is 13.8 Å². The Hall–Kier alpha value is -3.21. The van der Waals surface area contributed by atoms with Crippen LogP contribution in [0.15, 0.2) is 29.2 Å². The van der Waals surface area contributed by atoms with Crippen LogP contribution in [0.2, 0.25) is 0 Å². The van der Waals surface area contributed by atoms with E-state index in [0.717, 1.165) is 6.42 Å². The van der Waals surface area contributed by atoms with Crippen molar-refractivity contribution in [3.05, 3.63) is 41.2 Å². The summed E-state index contributed by atoms with van der Waals surface area (Å²) in [4.78, 5) is 18.9. The summed E-state index contributed by atoms with van der Waals surface area (Å²) in [5.41, 5.74) is 0.0567. The van der Waals surface area contributed by atoms with Gasteiger partial charge in [0.15, 0.2) is 11.4 Å². The standard InChI is InChI=1S/C19H20N6O3S/c1-12-7-13(2)11-25(10-12)29(27,28)15-5-3-14(4-6-15)18(26)24-19-22-16(8-20)17(9-21)23-19/h3-6,12-13H,7,10-11H2,1-2H3,(H2,22,23,24,26). The number of nitriles is 2. The number of aromatic nitrogens is 2. The molecule has 0 bridgehead atoms. The lowest BCUT2D eigenvalue weighted by Gasteiger charge is -2.34. The van der Waals surface area contributed by atoms with Gasteiger partial charge in [-0.2, -0.15) is 14.8 Å². The molecule has 2 aromatic rings. The highest BCUT2D eigenvalue weighted by Crippen LogP contribution is 2.26. The molecule has 9 nitrogen and oxygen atoms in total. The number of hydrogen-bond donors (Lipinski definition) is 2. The molecule has 1 fully saturated rings. The third-order valence-electron chi connectivity index (χ3n) is 4.74. The van der Waals surface area contributed by atoms with E-state index in [0.29, 0.717) is 24.9 Å². The molecule has 10 heteroatoms. The molecule has 2 N–H and O–H groups in total. The average molecular weight is 412 g/mol. The highest BCUT2D eigenvalue weighted by atomic mass is 32.2. The topological polar surface area (TPSA) is 143 Å². The largest absolute Gasteiger partial charge is 0.314 e. The van der Waals surface area contributed by atoms with Crippen LogP contribution >= 0.6 is 0 Å². The summed E-state index contributed by atoms with van der Waals surface area (Å²) >= 11 is 0. The average Bonchev–Trinajstić information content (AvgIpc) is 3.09. The predicted octanol–water partition coefficient (Wildman–Crippen LogP) is 2.07. The first-order valence-corrected chi connectivity index (χ1v) is 10.5. The van der Waals surface area contributed by atoms with Gasteiger partial charge in [-0.05, 0) is 42.5 Å². The molecular weight excluding hydrogens is 392 g/mol. The van der Waals surface area contributed by atoms with E-state index < -0.39 is 15.9 Å². The van der Waals surface area contributed by atoms with Crippen molar-refractivity contribution in [1.82, 2.24) is 14.3 Å². The third-order valence-corrected chi connectivity index (χ3v) is 6.59. The molecule has 0 saturated carbocycles. The van der Waals surface area contributed by atoms with Crippen molar-refractivity contribution in [3.63, 3.8) is 0 Å². The smallest absolute Gasteiger partial charge is 0.257 e. The number of amides is 1. The number of rotatable bonds is 4. The van der Waals surface area contributed by atoms with Crippen LogP contribution in [0.3, 0.4) is 0 Å². The van der Waals surface area contributed by atoms with Crippen LogP contribution in [-0.2, 0) is 10.0 Å². The van der Waals surface area contributed by atoms with Crippen LogP contribution in [0.1, 0.15) is 42.0 Å². The molecule has 29 heavy (non-hydrogen) atoms. The zero-order chi connectivity index (χ0) is 21.2.